The summed E-state index contributed by atoms with van der Waals surface area (Å²) in [5.74, 6) is 1.30. The van der Waals surface area contributed by atoms with E-state index in [9.17, 15) is 0 Å². The van der Waals surface area contributed by atoms with E-state index in [1.807, 2.05) is 36.5 Å². The highest BCUT2D eigenvalue weighted by molar-refractivity contribution is 5.72. The molecule has 0 bridgehead atoms. The Hall–Kier alpha value is -2.20. The topological polar surface area (TPSA) is 42.2 Å². The van der Waals surface area contributed by atoms with Gasteiger partial charge in [0, 0.05) is 37.3 Å². The van der Waals surface area contributed by atoms with Gasteiger partial charge in [-0.25, -0.2) is 4.98 Å². The van der Waals surface area contributed by atoms with Gasteiger partial charge in [0.2, 0.25) is 0 Å². The first-order valence-corrected chi connectivity index (χ1v) is 8.36. The number of para-hydroxylation sites is 2. The minimum Gasteiger partial charge on any atom is -0.440 e. The van der Waals surface area contributed by atoms with Crippen molar-refractivity contribution in [1.29, 1.82) is 0 Å². The lowest BCUT2D eigenvalue weighted by Crippen LogP contribution is -2.36. The lowest BCUT2D eigenvalue weighted by atomic mass is 9.98. The van der Waals surface area contributed by atoms with E-state index in [4.69, 9.17) is 4.42 Å². The number of pyridine rings is 1. The van der Waals surface area contributed by atoms with Crippen LogP contribution < -0.4 is 0 Å². The molecule has 0 unspecified atom stereocenters. The Morgan fingerprint density at radius 3 is 2.91 bits per heavy atom. The number of hydrogen-bond acceptors (Lipinski definition) is 4. The molecule has 4 nitrogen and oxygen atoms in total. The maximum Gasteiger partial charge on any atom is 0.199 e. The number of hydrogen-bond donors (Lipinski definition) is 0. The summed E-state index contributed by atoms with van der Waals surface area (Å²) in [5.41, 5.74) is 3.03. The van der Waals surface area contributed by atoms with Gasteiger partial charge in [0.25, 0.3) is 0 Å². The highest BCUT2D eigenvalue weighted by atomic mass is 16.3. The van der Waals surface area contributed by atoms with Crippen LogP contribution in [0.4, 0.5) is 0 Å². The van der Waals surface area contributed by atoms with E-state index in [1.165, 1.54) is 6.42 Å². The predicted molar refractivity (Wildman–Crippen MR) is 90.4 cm³/mol. The number of aromatic nitrogens is 2. The molecule has 0 saturated carbocycles. The molecule has 3 heterocycles. The Bertz CT molecular complexity index is 735. The van der Waals surface area contributed by atoms with Crippen molar-refractivity contribution in [3.05, 3.63) is 60.2 Å². The van der Waals surface area contributed by atoms with Crippen LogP contribution in [-0.2, 0) is 6.42 Å². The van der Waals surface area contributed by atoms with E-state index in [2.05, 4.69) is 27.0 Å². The Labute approximate surface area is 136 Å². The number of likely N-dealkylation sites (tertiary alicyclic amines) is 1. The molecule has 0 radical (unpaired) electrons. The Balaban J connectivity index is 1.42. The van der Waals surface area contributed by atoms with Gasteiger partial charge in [-0.2, -0.15) is 0 Å². The molecule has 0 N–H and O–H groups in total. The number of rotatable bonds is 4. The van der Waals surface area contributed by atoms with Crippen LogP contribution in [0.25, 0.3) is 11.1 Å². The molecule has 3 aromatic rings. The van der Waals surface area contributed by atoms with Gasteiger partial charge in [-0.15, -0.1) is 0 Å². The molecule has 23 heavy (non-hydrogen) atoms. The minimum absolute atomic E-state index is 0.403. The SMILES string of the molecule is c1ccc(CCN2CCC[C@H](c3nc4ccccc4o3)C2)nc1. The third-order valence-corrected chi connectivity index (χ3v) is 4.58. The van der Waals surface area contributed by atoms with Crippen LogP contribution in [0.1, 0.15) is 30.3 Å². The van der Waals surface area contributed by atoms with Gasteiger partial charge in [0.05, 0.1) is 0 Å². The molecule has 1 aromatic carbocycles. The highest BCUT2D eigenvalue weighted by Crippen LogP contribution is 2.28. The first-order valence-electron chi connectivity index (χ1n) is 8.36. The van der Waals surface area contributed by atoms with Gasteiger partial charge in [0.1, 0.15) is 5.52 Å². The van der Waals surface area contributed by atoms with Gasteiger partial charge in [-0.05, 0) is 43.7 Å². The molecule has 1 fully saturated rings. The molecule has 1 aliphatic rings. The fraction of sp³-hybridized carbons (Fsp3) is 0.368. The molecule has 4 rings (SSSR count). The maximum absolute atomic E-state index is 5.97. The zero-order chi connectivity index (χ0) is 15.5. The fourth-order valence-electron chi connectivity index (χ4n) is 3.34. The van der Waals surface area contributed by atoms with E-state index >= 15 is 0 Å². The van der Waals surface area contributed by atoms with E-state index in [0.29, 0.717) is 5.92 Å². The Kier molecular flexibility index (Phi) is 4.07. The number of oxazole rings is 1. The quantitative estimate of drug-likeness (QED) is 0.738. The van der Waals surface area contributed by atoms with Crippen LogP contribution in [-0.4, -0.2) is 34.5 Å². The molecule has 1 atom stereocenters. The fourth-order valence-corrected chi connectivity index (χ4v) is 3.34. The van der Waals surface area contributed by atoms with Crippen LogP contribution in [0.15, 0.2) is 53.1 Å². The van der Waals surface area contributed by atoms with E-state index in [0.717, 1.165) is 55.2 Å². The van der Waals surface area contributed by atoms with Crippen molar-refractivity contribution in [3.8, 4) is 0 Å². The smallest absolute Gasteiger partial charge is 0.199 e. The molecule has 118 valence electrons. The summed E-state index contributed by atoms with van der Waals surface area (Å²) in [6.45, 7) is 3.23. The monoisotopic (exact) mass is 307 g/mol. The summed E-state index contributed by atoms with van der Waals surface area (Å²) in [5, 5.41) is 0. The second-order valence-electron chi connectivity index (χ2n) is 6.23. The Morgan fingerprint density at radius 1 is 1.13 bits per heavy atom. The van der Waals surface area contributed by atoms with Crippen molar-refractivity contribution in [1.82, 2.24) is 14.9 Å². The van der Waals surface area contributed by atoms with Crippen LogP contribution >= 0.6 is 0 Å². The molecule has 0 spiro atoms. The molecule has 4 heteroatoms. The molecule has 2 aromatic heterocycles. The highest BCUT2D eigenvalue weighted by Gasteiger charge is 2.25. The van der Waals surface area contributed by atoms with Crippen LogP contribution in [0, 0.1) is 0 Å². The normalized spacial score (nSPS) is 19.2. The van der Waals surface area contributed by atoms with E-state index in [1.54, 1.807) is 0 Å². The van der Waals surface area contributed by atoms with Crippen molar-refractivity contribution >= 4 is 11.1 Å². The van der Waals surface area contributed by atoms with Gasteiger partial charge >= 0.3 is 0 Å². The largest absolute Gasteiger partial charge is 0.440 e. The van der Waals surface area contributed by atoms with Gasteiger partial charge < -0.3 is 9.32 Å². The maximum atomic E-state index is 5.97. The second-order valence-corrected chi connectivity index (χ2v) is 6.23. The zero-order valence-electron chi connectivity index (χ0n) is 13.2. The summed E-state index contributed by atoms with van der Waals surface area (Å²) in [7, 11) is 0. The van der Waals surface area contributed by atoms with Crippen molar-refractivity contribution < 1.29 is 4.42 Å². The first-order chi connectivity index (χ1) is 11.4. The first kappa shape index (κ1) is 14.4. The van der Waals surface area contributed by atoms with Crippen LogP contribution in [0.2, 0.25) is 0 Å². The second kappa shape index (κ2) is 6.50. The van der Waals surface area contributed by atoms with Crippen molar-refractivity contribution in [3.63, 3.8) is 0 Å². The predicted octanol–water partition coefficient (Wildman–Crippen LogP) is 3.64. The van der Waals surface area contributed by atoms with Crippen molar-refractivity contribution in [2.45, 2.75) is 25.2 Å². The van der Waals surface area contributed by atoms with Gasteiger partial charge in [-0.1, -0.05) is 18.2 Å². The van der Waals surface area contributed by atoms with Gasteiger partial charge in [0.15, 0.2) is 11.5 Å². The lowest BCUT2D eigenvalue weighted by Gasteiger charge is -2.31. The Morgan fingerprint density at radius 2 is 2.04 bits per heavy atom. The van der Waals surface area contributed by atoms with Crippen molar-refractivity contribution in [2.75, 3.05) is 19.6 Å². The third-order valence-electron chi connectivity index (χ3n) is 4.58. The van der Waals surface area contributed by atoms with Crippen LogP contribution in [0.3, 0.4) is 0 Å². The number of piperidine rings is 1. The van der Waals surface area contributed by atoms with E-state index < -0.39 is 0 Å². The molecule has 1 saturated heterocycles. The standard InChI is InChI=1S/C19H21N3O/c1-2-9-18-17(8-1)21-19(23-18)15-6-5-12-22(14-15)13-10-16-7-3-4-11-20-16/h1-4,7-9,11,15H,5-6,10,12-14H2/t15-/m0/s1. The van der Waals surface area contributed by atoms with Gasteiger partial charge in [-0.3, -0.25) is 4.98 Å². The number of benzene rings is 1. The summed E-state index contributed by atoms with van der Waals surface area (Å²) >= 11 is 0. The molecular formula is C19H21N3O. The number of fused-ring (bicyclic) bond motifs is 1. The average Bonchev–Trinajstić information content (AvgIpc) is 3.05. The molecule has 0 aliphatic carbocycles. The molecular weight excluding hydrogens is 286 g/mol. The summed E-state index contributed by atoms with van der Waals surface area (Å²) in [6, 6.07) is 14.1. The zero-order valence-corrected chi connectivity index (χ0v) is 13.2. The van der Waals surface area contributed by atoms with Crippen LogP contribution in [0.5, 0.6) is 0 Å². The summed E-state index contributed by atoms with van der Waals surface area (Å²) in [6.07, 6.45) is 5.23. The number of nitrogens with zero attached hydrogens (tertiary/aromatic N) is 3. The molecule has 1 aliphatic heterocycles. The third kappa shape index (κ3) is 3.27. The summed E-state index contributed by atoms with van der Waals surface area (Å²) in [4.78, 5) is 11.6. The van der Waals surface area contributed by atoms with Crippen molar-refractivity contribution in [2.24, 2.45) is 0 Å². The summed E-state index contributed by atoms with van der Waals surface area (Å²) < 4.78 is 5.97. The lowest BCUT2D eigenvalue weighted by molar-refractivity contribution is 0.196. The average molecular weight is 307 g/mol. The molecule has 0 amide bonds. The minimum atomic E-state index is 0.403. The van der Waals surface area contributed by atoms with E-state index in [-0.39, 0.29) is 0 Å².